The van der Waals surface area contributed by atoms with E-state index in [4.69, 9.17) is 16.7 Å². The van der Waals surface area contributed by atoms with Gasteiger partial charge in [-0.15, -0.1) is 0 Å². The first-order valence-corrected chi connectivity index (χ1v) is 7.80. The number of carboxylic acid groups (broad SMARTS) is 1. The van der Waals surface area contributed by atoms with Crippen molar-refractivity contribution in [2.45, 2.75) is 12.8 Å². The molecule has 1 saturated carbocycles. The zero-order valence-electron chi connectivity index (χ0n) is 11.3. The molecule has 2 N–H and O–H groups in total. The highest BCUT2D eigenvalue weighted by molar-refractivity contribution is 9.10. The second-order valence-corrected chi connectivity index (χ2v) is 6.50. The lowest BCUT2D eigenvalue weighted by Gasteiger charge is -2.19. The second-order valence-electron chi connectivity index (χ2n) is 5.18. The van der Waals surface area contributed by atoms with Crippen LogP contribution in [0.3, 0.4) is 0 Å². The molecule has 0 unspecified atom stereocenters. The Hall–Kier alpha value is -1.11. The lowest BCUT2D eigenvalue weighted by molar-refractivity contribution is -0.138. The van der Waals surface area contributed by atoms with Crippen molar-refractivity contribution in [3.63, 3.8) is 0 Å². The molecule has 21 heavy (non-hydrogen) atoms. The maximum atomic E-state index is 12.0. The Bertz CT molecular complexity index is 549. The smallest absolute Gasteiger partial charge is 0.317 e. The van der Waals surface area contributed by atoms with E-state index in [9.17, 15) is 9.59 Å². The van der Waals surface area contributed by atoms with Crippen molar-refractivity contribution in [1.29, 1.82) is 0 Å². The van der Waals surface area contributed by atoms with Gasteiger partial charge in [-0.2, -0.15) is 0 Å². The first-order chi connectivity index (χ1) is 9.94. The van der Waals surface area contributed by atoms with Crippen LogP contribution in [0.4, 0.5) is 5.69 Å². The zero-order chi connectivity index (χ0) is 15.4. The van der Waals surface area contributed by atoms with Gasteiger partial charge >= 0.3 is 5.97 Å². The summed E-state index contributed by atoms with van der Waals surface area (Å²) in [6.07, 6.45) is 2.21. The Morgan fingerprint density at radius 1 is 1.38 bits per heavy atom. The van der Waals surface area contributed by atoms with Gasteiger partial charge < -0.3 is 10.4 Å². The molecule has 1 amide bonds. The van der Waals surface area contributed by atoms with Crippen molar-refractivity contribution in [2.75, 3.05) is 25.0 Å². The molecular weight excluding hydrogens is 360 g/mol. The number of hydrogen-bond donors (Lipinski definition) is 2. The average molecular weight is 376 g/mol. The molecule has 1 aliphatic rings. The Labute approximate surface area is 136 Å². The fourth-order valence-electron chi connectivity index (χ4n) is 2.03. The van der Waals surface area contributed by atoms with Gasteiger partial charge in [-0.05, 0) is 37.0 Å². The van der Waals surface area contributed by atoms with Crippen LogP contribution in [-0.4, -0.2) is 41.5 Å². The summed E-state index contributed by atoms with van der Waals surface area (Å²) in [7, 11) is 0. The van der Waals surface area contributed by atoms with Crippen molar-refractivity contribution in [2.24, 2.45) is 5.92 Å². The number of halogens is 2. The summed E-state index contributed by atoms with van der Waals surface area (Å²) in [6, 6.07) is 5.17. The fraction of sp³-hybridized carbons (Fsp3) is 0.429. The lowest BCUT2D eigenvalue weighted by Crippen LogP contribution is -2.38. The molecule has 0 aliphatic heterocycles. The quantitative estimate of drug-likeness (QED) is 0.769. The minimum atomic E-state index is -0.926. The number of amides is 1. The molecular formula is C14H16BrClN2O3. The zero-order valence-corrected chi connectivity index (χ0v) is 13.7. The maximum absolute atomic E-state index is 12.0. The lowest BCUT2D eigenvalue weighted by atomic mass is 10.3. The minimum absolute atomic E-state index is 0.0508. The minimum Gasteiger partial charge on any atom is -0.480 e. The third-order valence-electron chi connectivity index (χ3n) is 3.14. The molecule has 0 aromatic heterocycles. The molecule has 0 radical (unpaired) electrons. The topological polar surface area (TPSA) is 69.6 Å². The van der Waals surface area contributed by atoms with Gasteiger partial charge in [0.1, 0.15) is 0 Å². The van der Waals surface area contributed by atoms with E-state index in [1.54, 1.807) is 23.1 Å². The van der Waals surface area contributed by atoms with Crippen molar-refractivity contribution < 1.29 is 14.7 Å². The number of anilines is 1. The van der Waals surface area contributed by atoms with E-state index in [-0.39, 0.29) is 19.0 Å². The van der Waals surface area contributed by atoms with Gasteiger partial charge in [0.2, 0.25) is 5.91 Å². The summed E-state index contributed by atoms with van der Waals surface area (Å²) in [4.78, 5) is 24.5. The van der Waals surface area contributed by atoms with E-state index in [1.807, 2.05) is 0 Å². The monoisotopic (exact) mass is 374 g/mol. The molecule has 2 rings (SSSR count). The molecule has 114 valence electrons. The number of hydrogen-bond acceptors (Lipinski definition) is 3. The molecule has 1 fully saturated rings. The normalized spacial score (nSPS) is 14.2. The Balaban J connectivity index is 1.92. The van der Waals surface area contributed by atoms with Gasteiger partial charge in [-0.1, -0.05) is 27.5 Å². The number of benzene rings is 1. The van der Waals surface area contributed by atoms with E-state index in [2.05, 4.69) is 21.2 Å². The summed E-state index contributed by atoms with van der Waals surface area (Å²) in [5.74, 6) is -0.667. The molecule has 1 aromatic carbocycles. The predicted molar refractivity (Wildman–Crippen MR) is 84.6 cm³/mol. The predicted octanol–water partition coefficient (Wildman–Crippen LogP) is 2.84. The summed E-state index contributed by atoms with van der Waals surface area (Å²) in [5, 5.41) is 12.0. The fourth-order valence-corrected chi connectivity index (χ4v) is 2.75. The summed E-state index contributed by atoms with van der Waals surface area (Å²) >= 11 is 9.33. The SMILES string of the molecule is O=C(O)CN(CC(=O)Nc1ccc(Br)cc1Cl)CC1CC1. The van der Waals surface area contributed by atoms with E-state index in [0.29, 0.717) is 23.2 Å². The molecule has 1 aromatic rings. The van der Waals surface area contributed by atoms with Gasteiger partial charge in [0.05, 0.1) is 23.8 Å². The van der Waals surface area contributed by atoms with Gasteiger partial charge in [0.25, 0.3) is 0 Å². The first kappa shape index (κ1) is 16.3. The molecule has 0 bridgehead atoms. The van der Waals surface area contributed by atoms with Crippen LogP contribution >= 0.6 is 27.5 Å². The highest BCUT2D eigenvalue weighted by Gasteiger charge is 2.26. The maximum Gasteiger partial charge on any atom is 0.317 e. The van der Waals surface area contributed by atoms with Crippen molar-refractivity contribution in [1.82, 2.24) is 4.90 Å². The van der Waals surface area contributed by atoms with Crippen LogP contribution < -0.4 is 5.32 Å². The highest BCUT2D eigenvalue weighted by Crippen LogP contribution is 2.29. The van der Waals surface area contributed by atoms with Gasteiger partial charge in [-0.3, -0.25) is 14.5 Å². The molecule has 5 nitrogen and oxygen atoms in total. The molecule has 0 spiro atoms. The molecule has 1 aliphatic carbocycles. The third kappa shape index (κ3) is 5.65. The Morgan fingerprint density at radius 2 is 2.10 bits per heavy atom. The van der Waals surface area contributed by atoms with Crippen LogP contribution in [0.2, 0.25) is 5.02 Å². The number of carbonyl (C=O) groups excluding carboxylic acids is 1. The van der Waals surface area contributed by atoms with Crippen molar-refractivity contribution in [3.05, 3.63) is 27.7 Å². The van der Waals surface area contributed by atoms with E-state index in [0.717, 1.165) is 17.3 Å². The highest BCUT2D eigenvalue weighted by atomic mass is 79.9. The molecule has 7 heteroatoms. The number of rotatable bonds is 7. The van der Waals surface area contributed by atoms with Gasteiger partial charge in [0, 0.05) is 11.0 Å². The van der Waals surface area contributed by atoms with Gasteiger partial charge in [0.15, 0.2) is 0 Å². The standard InChI is InChI=1S/C14H16BrClN2O3/c15-10-3-4-12(11(16)5-10)17-13(19)7-18(8-14(20)21)6-9-1-2-9/h3-5,9H,1-2,6-8H2,(H,17,19)(H,20,21). The summed E-state index contributed by atoms with van der Waals surface area (Å²) < 4.78 is 0.826. The molecule has 0 atom stereocenters. The van der Waals surface area contributed by atoms with E-state index >= 15 is 0 Å². The number of nitrogens with one attached hydrogen (secondary N) is 1. The largest absolute Gasteiger partial charge is 0.480 e. The van der Waals surface area contributed by atoms with Crippen LogP contribution in [0.5, 0.6) is 0 Å². The molecule has 0 heterocycles. The third-order valence-corrected chi connectivity index (χ3v) is 3.95. The summed E-state index contributed by atoms with van der Waals surface area (Å²) in [6.45, 7) is 0.570. The van der Waals surface area contributed by atoms with Crippen LogP contribution in [0, 0.1) is 5.92 Å². The first-order valence-electron chi connectivity index (χ1n) is 6.63. The van der Waals surface area contributed by atoms with Crippen molar-refractivity contribution in [3.8, 4) is 0 Å². The van der Waals surface area contributed by atoms with Crippen LogP contribution in [-0.2, 0) is 9.59 Å². The number of carbonyl (C=O) groups is 2. The number of aliphatic carboxylic acids is 1. The van der Waals surface area contributed by atoms with Crippen molar-refractivity contribution >= 4 is 45.1 Å². The van der Waals surface area contributed by atoms with E-state index in [1.165, 1.54) is 0 Å². The second kappa shape index (κ2) is 7.24. The van der Waals surface area contributed by atoms with Gasteiger partial charge in [-0.25, -0.2) is 0 Å². The van der Waals surface area contributed by atoms with Crippen LogP contribution in [0.15, 0.2) is 22.7 Å². The van der Waals surface area contributed by atoms with E-state index < -0.39 is 5.97 Å². The molecule has 0 saturated heterocycles. The Kier molecular flexibility index (Phi) is 5.61. The average Bonchev–Trinajstić information content (AvgIpc) is 3.15. The Morgan fingerprint density at radius 3 is 2.67 bits per heavy atom. The summed E-state index contributed by atoms with van der Waals surface area (Å²) in [5.41, 5.74) is 0.520. The number of nitrogens with zero attached hydrogens (tertiary/aromatic N) is 1. The van der Waals surface area contributed by atoms with Crippen LogP contribution in [0.1, 0.15) is 12.8 Å². The van der Waals surface area contributed by atoms with Crippen LogP contribution in [0.25, 0.3) is 0 Å². The number of carboxylic acids is 1.